The fourth-order valence-corrected chi connectivity index (χ4v) is 1.66. The molecule has 0 atom stereocenters. The Kier molecular flexibility index (Phi) is 4.54. The van der Waals surface area contributed by atoms with Gasteiger partial charge in [0.2, 0.25) is 0 Å². The maximum absolute atomic E-state index is 10.8. The van der Waals surface area contributed by atoms with E-state index in [1.165, 1.54) is 6.07 Å². The molecule has 1 aromatic rings. The van der Waals surface area contributed by atoms with E-state index in [-0.39, 0.29) is 5.69 Å². The molecule has 5 nitrogen and oxygen atoms in total. The Morgan fingerprint density at radius 2 is 2.25 bits per heavy atom. The van der Waals surface area contributed by atoms with Gasteiger partial charge in [0.15, 0.2) is 0 Å². The number of anilines is 1. The number of ether oxygens (including phenoxy) is 1. The van der Waals surface area contributed by atoms with Gasteiger partial charge in [0.1, 0.15) is 11.4 Å². The van der Waals surface area contributed by atoms with E-state index < -0.39 is 4.92 Å². The predicted molar refractivity (Wildman–Crippen MR) is 66.1 cm³/mol. The van der Waals surface area contributed by atoms with Crippen LogP contribution in [0.5, 0.6) is 5.75 Å². The smallest absolute Gasteiger partial charge is 0.293 e. The van der Waals surface area contributed by atoms with Gasteiger partial charge in [0, 0.05) is 19.2 Å². The van der Waals surface area contributed by atoms with E-state index in [2.05, 4.69) is 21.2 Å². The molecule has 1 aromatic carbocycles. The highest BCUT2D eigenvalue weighted by Gasteiger charge is 2.16. The van der Waals surface area contributed by atoms with Crippen LogP contribution in [-0.2, 0) is 0 Å². The van der Waals surface area contributed by atoms with Gasteiger partial charge in [-0.25, -0.2) is 0 Å². The van der Waals surface area contributed by atoms with E-state index in [0.717, 1.165) is 6.42 Å². The Morgan fingerprint density at radius 3 is 2.75 bits per heavy atom. The van der Waals surface area contributed by atoms with Crippen molar-refractivity contribution in [2.24, 2.45) is 0 Å². The lowest BCUT2D eigenvalue weighted by molar-refractivity contribution is -0.384. The third kappa shape index (κ3) is 2.85. The average Bonchev–Trinajstić information content (AvgIpc) is 2.26. The molecule has 0 saturated heterocycles. The van der Waals surface area contributed by atoms with E-state index in [0.29, 0.717) is 22.5 Å². The van der Waals surface area contributed by atoms with Crippen LogP contribution < -0.4 is 10.1 Å². The average molecular weight is 289 g/mol. The second kappa shape index (κ2) is 5.69. The second-order valence-electron chi connectivity index (χ2n) is 3.16. The minimum absolute atomic E-state index is 0.0261. The van der Waals surface area contributed by atoms with Crippen LogP contribution in [0, 0.1) is 10.1 Å². The highest BCUT2D eigenvalue weighted by molar-refractivity contribution is 9.10. The van der Waals surface area contributed by atoms with Crippen LogP contribution >= 0.6 is 15.9 Å². The van der Waals surface area contributed by atoms with Crippen molar-refractivity contribution in [3.05, 3.63) is 26.7 Å². The normalized spacial score (nSPS) is 9.94. The molecule has 0 saturated carbocycles. The molecule has 0 heterocycles. The summed E-state index contributed by atoms with van der Waals surface area (Å²) in [6.07, 6.45) is 0.887. The topological polar surface area (TPSA) is 64.4 Å². The van der Waals surface area contributed by atoms with Gasteiger partial charge in [-0.3, -0.25) is 10.1 Å². The van der Waals surface area contributed by atoms with Crippen molar-refractivity contribution in [3.8, 4) is 5.75 Å². The van der Waals surface area contributed by atoms with E-state index in [1.54, 1.807) is 13.1 Å². The third-order valence-electron chi connectivity index (χ3n) is 1.98. The molecule has 0 aliphatic heterocycles. The summed E-state index contributed by atoms with van der Waals surface area (Å²) in [7, 11) is 1.64. The standard InChI is InChI=1S/C10H13BrN2O3/c1-3-4-16-10-6-8(12-2)9(13(14)15)5-7(10)11/h5-6,12H,3-4H2,1-2H3. The number of nitrogens with one attached hydrogen (secondary N) is 1. The summed E-state index contributed by atoms with van der Waals surface area (Å²) < 4.78 is 6.04. The molecule has 1 rings (SSSR count). The largest absolute Gasteiger partial charge is 0.492 e. The first-order chi connectivity index (χ1) is 7.60. The Balaban J connectivity index is 3.10. The summed E-state index contributed by atoms with van der Waals surface area (Å²) in [4.78, 5) is 10.3. The fraction of sp³-hybridized carbons (Fsp3) is 0.400. The lowest BCUT2D eigenvalue weighted by Gasteiger charge is -2.09. The van der Waals surface area contributed by atoms with Gasteiger partial charge in [0.25, 0.3) is 5.69 Å². The Bertz CT molecular complexity index is 396. The van der Waals surface area contributed by atoms with Crippen molar-refractivity contribution in [1.29, 1.82) is 0 Å². The fourth-order valence-electron chi connectivity index (χ4n) is 1.22. The van der Waals surface area contributed by atoms with Gasteiger partial charge >= 0.3 is 0 Å². The third-order valence-corrected chi connectivity index (χ3v) is 2.60. The summed E-state index contributed by atoms with van der Waals surface area (Å²) >= 11 is 3.25. The molecule has 6 heteroatoms. The summed E-state index contributed by atoms with van der Waals surface area (Å²) in [5, 5.41) is 13.5. The van der Waals surface area contributed by atoms with E-state index in [4.69, 9.17) is 4.74 Å². The number of nitrogens with zero attached hydrogens (tertiary/aromatic N) is 1. The maximum Gasteiger partial charge on any atom is 0.293 e. The second-order valence-corrected chi connectivity index (χ2v) is 4.01. The van der Waals surface area contributed by atoms with Crippen LogP contribution in [0.25, 0.3) is 0 Å². The van der Waals surface area contributed by atoms with Crippen LogP contribution in [-0.4, -0.2) is 18.6 Å². The van der Waals surface area contributed by atoms with Crippen molar-refractivity contribution in [1.82, 2.24) is 0 Å². The number of nitro benzene ring substituents is 1. The minimum Gasteiger partial charge on any atom is -0.492 e. The van der Waals surface area contributed by atoms with Gasteiger partial charge < -0.3 is 10.1 Å². The van der Waals surface area contributed by atoms with Crippen molar-refractivity contribution in [2.45, 2.75) is 13.3 Å². The molecule has 0 aliphatic carbocycles. The zero-order valence-electron chi connectivity index (χ0n) is 9.12. The maximum atomic E-state index is 10.8. The summed E-state index contributed by atoms with van der Waals surface area (Å²) in [6.45, 7) is 2.58. The highest BCUT2D eigenvalue weighted by atomic mass is 79.9. The molecule has 0 amide bonds. The molecule has 0 aliphatic rings. The minimum atomic E-state index is -0.430. The molecule has 0 radical (unpaired) electrons. The number of hydrogen-bond acceptors (Lipinski definition) is 4. The quantitative estimate of drug-likeness (QED) is 0.668. The van der Waals surface area contributed by atoms with Gasteiger partial charge in [-0.05, 0) is 22.4 Å². The van der Waals surface area contributed by atoms with Gasteiger partial charge in [0.05, 0.1) is 16.0 Å². The predicted octanol–water partition coefficient (Wildman–Crippen LogP) is 3.19. The van der Waals surface area contributed by atoms with Crippen molar-refractivity contribution < 1.29 is 9.66 Å². The molecule has 0 fully saturated rings. The first-order valence-electron chi connectivity index (χ1n) is 4.88. The SMILES string of the molecule is CCCOc1cc(NC)c([N+](=O)[O-])cc1Br. The highest BCUT2D eigenvalue weighted by Crippen LogP contribution is 2.35. The van der Waals surface area contributed by atoms with Crippen LogP contribution in [0.1, 0.15) is 13.3 Å². The number of rotatable bonds is 5. The van der Waals surface area contributed by atoms with Gasteiger partial charge in [-0.2, -0.15) is 0 Å². The van der Waals surface area contributed by atoms with E-state index in [1.807, 2.05) is 6.92 Å². The lowest BCUT2D eigenvalue weighted by Crippen LogP contribution is -2.00. The summed E-state index contributed by atoms with van der Waals surface area (Å²) in [5.41, 5.74) is 0.470. The zero-order chi connectivity index (χ0) is 12.1. The van der Waals surface area contributed by atoms with Crippen molar-refractivity contribution >= 4 is 27.3 Å². The van der Waals surface area contributed by atoms with Crippen LogP contribution in [0.15, 0.2) is 16.6 Å². The summed E-state index contributed by atoms with van der Waals surface area (Å²) in [6, 6.07) is 3.06. The van der Waals surface area contributed by atoms with Crippen molar-refractivity contribution in [2.75, 3.05) is 19.0 Å². The first-order valence-corrected chi connectivity index (χ1v) is 5.68. The first kappa shape index (κ1) is 12.8. The number of hydrogen-bond donors (Lipinski definition) is 1. The number of nitro groups is 1. The molecule has 0 bridgehead atoms. The van der Waals surface area contributed by atoms with Gasteiger partial charge in [-0.15, -0.1) is 0 Å². The van der Waals surface area contributed by atoms with E-state index in [9.17, 15) is 10.1 Å². The summed E-state index contributed by atoms with van der Waals surface area (Å²) in [5.74, 6) is 0.608. The Labute approximate surface area is 102 Å². The van der Waals surface area contributed by atoms with Gasteiger partial charge in [-0.1, -0.05) is 6.92 Å². The molecular weight excluding hydrogens is 276 g/mol. The number of benzene rings is 1. The van der Waals surface area contributed by atoms with Crippen LogP contribution in [0.4, 0.5) is 11.4 Å². The Morgan fingerprint density at radius 1 is 1.56 bits per heavy atom. The van der Waals surface area contributed by atoms with Crippen LogP contribution in [0.2, 0.25) is 0 Å². The molecule has 1 N–H and O–H groups in total. The molecule has 88 valence electrons. The van der Waals surface area contributed by atoms with Crippen LogP contribution in [0.3, 0.4) is 0 Å². The molecular formula is C10H13BrN2O3. The monoisotopic (exact) mass is 288 g/mol. The molecule has 0 unspecified atom stereocenters. The van der Waals surface area contributed by atoms with E-state index >= 15 is 0 Å². The molecule has 0 aromatic heterocycles. The Hall–Kier alpha value is -1.30. The van der Waals surface area contributed by atoms with Crippen molar-refractivity contribution in [3.63, 3.8) is 0 Å². The molecule has 16 heavy (non-hydrogen) atoms. The lowest BCUT2D eigenvalue weighted by atomic mass is 10.2. The number of halogens is 1. The zero-order valence-corrected chi connectivity index (χ0v) is 10.7. The molecule has 0 spiro atoms.